The Bertz CT molecular complexity index is 1310. The molecular weight excluding hydrogens is 583 g/mol. The largest absolute Gasteiger partial charge is 0.490 e. The maximum absolute atomic E-state index is 13.0. The van der Waals surface area contributed by atoms with Crippen molar-refractivity contribution in [2.45, 2.75) is 43.1 Å². The normalized spacial score (nSPS) is 20.7. The Morgan fingerprint density at radius 2 is 1.72 bits per heavy atom. The zero-order valence-corrected chi connectivity index (χ0v) is 23.1. The number of benzene rings is 2. The number of carbonyl (C=O) groups is 2. The fraction of sp³-hybridized carbons (Fsp3) is 0.407. The highest BCUT2D eigenvalue weighted by molar-refractivity contribution is 5.97. The summed E-state index contributed by atoms with van der Waals surface area (Å²) < 4.78 is 53.1. The summed E-state index contributed by atoms with van der Waals surface area (Å²) in [6.07, 6.45) is -10.5. The molecule has 6 N–H and O–H groups in total. The average molecular weight is 614 g/mol. The summed E-state index contributed by atoms with van der Waals surface area (Å²) in [7, 11) is 3.25. The van der Waals surface area contributed by atoms with Crippen LogP contribution in [0.4, 0.5) is 24.5 Å². The van der Waals surface area contributed by atoms with Crippen molar-refractivity contribution in [1.29, 1.82) is 5.26 Å². The highest BCUT2D eigenvalue weighted by atomic mass is 19.4. The number of halogens is 3. The third kappa shape index (κ3) is 11.1. The van der Waals surface area contributed by atoms with Gasteiger partial charge in [0.2, 0.25) is 0 Å². The number of nitrogens with one attached hydrogen (secondary N) is 1. The summed E-state index contributed by atoms with van der Waals surface area (Å²) in [5, 5.41) is 56.6. The van der Waals surface area contributed by atoms with Crippen LogP contribution in [0.2, 0.25) is 0 Å². The Hall–Kier alpha value is -4.29. The number of hydrogen-bond donors (Lipinski definition) is 6. The number of carboxylic acid groups (broad SMARTS) is 1. The lowest BCUT2D eigenvalue weighted by molar-refractivity contribution is -0.201. The van der Waals surface area contributed by atoms with Crippen LogP contribution in [0.25, 0.3) is 4.85 Å². The van der Waals surface area contributed by atoms with E-state index in [-0.39, 0.29) is 12.3 Å². The van der Waals surface area contributed by atoms with E-state index in [0.29, 0.717) is 17.4 Å². The second-order valence-electron chi connectivity index (χ2n) is 9.04. The van der Waals surface area contributed by atoms with E-state index in [1.165, 1.54) is 24.3 Å². The van der Waals surface area contributed by atoms with Gasteiger partial charge in [0.25, 0.3) is 5.91 Å². The molecule has 0 radical (unpaired) electrons. The van der Waals surface area contributed by atoms with Crippen molar-refractivity contribution in [3.8, 4) is 11.8 Å². The number of aliphatic carboxylic acids is 1. The van der Waals surface area contributed by atoms with Gasteiger partial charge in [-0.1, -0.05) is 6.07 Å². The maximum atomic E-state index is 13.0. The van der Waals surface area contributed by atoms with Gasteiger partial charge in [0.1, 0.15) is 30.7 Å². The van der Waals surface area contributed by atoms with Gasteiger partial charge in [-0.15, -0.1) is 0 Å². The molecule has 1 saturated heterocycles. The molecule has 2 aromatic carbocycles. The predicted molar refractivity (Wildman–Crippen MR) is 142 cm³/mol. The molecule has 13 nitrogen and oxygen atoms in total. The van der Waals surface area contributed by atoms with E-state index in [0.717, 1.165) is 19.1 Å². The number of alkyl halides is 3. The fourth-order valence-electron chi connectivity index (χ4n) is 3.14. The molecule has 43 heavy (non-hydrogen) atoms. The molecule has 2 aromatic rings. The zero-order valence-electron chi connectivity index (χ0n) is 23.1. The molecule has 1 aliphatic rings. The van der Waals surface area contributed by atoms with Crippen molar-refractivity contribution >= 4 is 23.3 Å². The average Bonchev–Trinajstić information content (AvgIpc) is 2.95. The number of carboxylic acids is 1. The van der Waals surface area contributed by atoms with E-state index in [2.05, 4.69) is 19.6 Å². The molecule has 1 aliphatic heterocycles. The first-order valence-corrected chi connectivity index (χ1v) is 12.1. The first kappa shape index (κ1) is 36.7. The number of nitrogens with zero attached hydrogens (tertiary/aromatic N) is 2. The molecule has 1 fully saturated rings. The summed E-state index contributed by atoms with van der Waals surface area (Å²) in [5.74, 6) is -2.04. The molecule has 0 bridgehead atoms. The number of anilines is 1. The van der Waals surface area contributed by atoms with E-state index < -0.39 is 65.9 Å². The number of methoxy groups -OCH3 is 1. The molecule has 4 unspecified atom stereocenters. The number of hydrogen-bond acceptors (Lipinski definition) is 10. The highest BCUT2D eigenvalue weighted by Gasteiger charge is 2.41. The van der Waals surface area contributed by atoms with E-state index in [1.807, 2.05) is 6.07 Å². The number of aliphatic hydroxyl groups excluding tert-OH is 3. The lowest BCUT2D eigenvalue weighted by Crippen LogP contribution is -2.55. The van der Waals surface area contributed by atoms with Gasteiger partial charge in [-0.05, 0) is 43.3 Å². The van der Waals surface area contributed by atoms with Gasteiger partial charge >= 0.3 is 12.1 Å². The second kappa shape index (κ2) is 16.4. The van der Waals surface area contributed by atoms with E-state index >= 15 is 0 Å². The van der Waals surface area contributed by atoms with E-state index in [9.17, 15) is 27.9 Å². The van der Waals surface area contributed by atoms with Gasteiger partial charge in [-0.25, -0.2) is 9.64 Å². The van der Waals surface area contributed by atoms with Crippen molar-refractivity contribution in [2.75, 3.05) is 32.8 Å². The minimum atomic E-state index is -4.76. The van der Waals surface area contributed by atoms with Crippen LogP contribution in [0.15, 0.2) is 42.5 Å². The molecule has 0 saturated carbocycles. The van der Waals surface area contributed by atoms with Crippen LogP contribution in [0.1, 0.15) is 18.1 Å². The molecular formula is C27H30F3N3O10. The van der Waals surface area contributed by atoms with Gasteiger partial charge in [0.15, 0.2) is 17.4 Å². The Kier molecular flexibility index (Phi) is 14.0. The lowest BCUT2D eigenvalue weighted by Gasteiger charge is -2.32. The smallest absolute Gasteiger partial charge is 0.407 e. The quantitative estimate of drug-likeness (QED) is 0.259. The van der Waals surface area contributed by atoms with Gasteiger partial charge in [0, 0.05) is 19.9 Å². The standard InChI is InChI=1S/C19H14F3N3O3.C6H10O6.C2H6O/c1-18(27,11-28-14-6-3-12(10-23)4-7-14)17(26)25-13-5-8-16(24-2)15(9-13)19(20,21)22;7-2-1-12-5(6(10)11)4(9)3(2)8;1-3-2/h3-9,27H,11H2,1H3,(H,25,26);2-5,7-9H,1H2,(H,10,11);1-2H3/t18-;;/m0../s1. The molecule has 3 rings (SSSR count). The first-order chi connectivity index (χ1) is 20.0. The minimum Gasteiger partial charge on any atom is -0.490 e. The number of aliphatic hydroxyl groups is 4. The van der Waals surface area contributed by atoms with Crippen molar-refractivity contribution < 1.29 is 62.5 Å². The SMILES string of the molecule is COC.O=C(O)C1OCC(O)C(O)C1O.[C-]#[N+]c1ccc(NC(=O)[C@@](C)(O)COc2ccc(C#N)cc2)cc1C(F)(F)F. The molecule has 0 aliphatic carbocycles. The Morgan fingerprint density at radius 1 is 1.14 bits per heavy atom. The molecule has 5 atom stereocenters. The lowest BCUT2D eigenvalue weighted by atomic mass is 10.0. The van der Waals surface area contributed by atoms with Crippen LogP contribution in [-0.2, 0) is 25.2 Å². The molecule has 1 heterocycles. The third-order valence-corrected chi connectivity index (χ3v) is 5.42. The second-order valence-corrected chi connectivity index (χ2v) is 9.04. The van der Waals surface area contributed by atoms with Crippen LogP contribution < -0.4 is 10.1 Å². The topological polar surface area (TPSA) is 203 Å². The van der Waals surface area contributed by atoms with Gasteiger partial charge < -0.3 is 45.1 Å². The van der Waals surface area contributed by atoms with Crippen molar-refractivity contribution in [3.05, 3.63) is 65.0 Å². The first-order valence-electron chi connectivity index (χ1n) is 12.1. The Morgan fingerprint density at radius 3 is 2.21 bits per heavy atom. The van der Waals surface area contributed by atoms with Crippen LogP contribution >= 0.6 is 0 Å². The van der Waals surface area contributed by atoms with Crippen molar-refractivity contribution in [3.63, 3.8) is 0 Å². The molecule has 16 heteroatoms. The molecule has 1 amide bonds. The van der Waals surface area contributed by atoms with Gasteiger partial charge in [0.05, 0.1) is 30.4 Å². The Balaban J connectivity index is 0.000000510. The van der Waals surface area contributed by atoms with E-state index in [4.69, 9.17) is 37.0 Å². The molecule has 0 aromatic heterocycles. The molecule has 234 valence electrons. The monoisotopic (exact) mass is 613 g/mol. The fourth-order valence-corrected chi connectivity index (χ4v) is 3.14. The van der Waals surface area contributed by atoms with Crippen LogP contribution in [0.5, 0.6) is 5.75 Å². The van der Waals surface area contributed by atoms with E-state index in [1.54, 1.807) is 14.2 Å². The number of rotatable bonds is 6. The summed E-state index contributed by atoms with van der Waals surface area (Å²) in [6, 6.07) is 10.6. The highest BCUT2D eigenvalue weighted by Crippen LogP contribution is 2.38. The van der Waals surface area contributed by atoms with Crippen molar-refractivity contribution in [1.82, 2.24) is 0 Å². The van der Waals surface area contributed by atoms with Crippen LogP contribution in [0, 0.1) is 17.9 Å². The van der Waals surface area contributed by atoms with Crippen molar-refractivity contribution in [2.24, 2.45) is 0 Å². The summed E-state index contributed by atoms with van der Waals surface area (Å²) >= 11 is 0. The summed E-state index contributed by atoms with van der Waals surface area (Å²) in [4.78, 5) is 25.4. The van der Waals surface area contributed by atoms with Gasteiger partial charge in [-0.3, -0.25) is 4.79 Å². The Labute approximate surface area is 244 Å². The number of ether oxygens (including phenoxy) is 3. The van der Waals surface area contributed by atoms with Crippen LogP contribution in [0.3, 0.4) is 0 Å². The summed E-state index contributed by atoms with van der Waals surface area (Å²) in [5.41, 5.74) is -3.65. The number of nitriles is 1. The third-order valence-electron chi connectivity index (χ3n) is 5.42. The molecule has 0 spiro atoms. The number of amides is 1. The summed E-state index contributed by atoms with van der Waals surface area (Å²) in [6.45, 7) is 7.19. The number of carbonyl (C=O) groups excluding carboxylic acids is 1. The zero-order chi connectivity index (χ0) is 33.0. The maximum Gasteiger partial charge on any atom is 0.407 e. The van der Waals surface area contributed by atoms with Gasteiger partial charge in [-0.2, -0.15) is 18.4 Å². The minimum absolute atomic E-state index is 0.219. The predicted octanol–water partition coefficient (Wildman–Crippen LogP) is 1.71. The van der Waals surface area contributed by atoms with Crippen LogP contribution in [-0.4, -0.2) is 94.9 Å².